The molecule has 2 N–H and O–H groups in total. The molecule has 1 fully saturated rings. The Hall–Kier alpha value is -1.10. The first-order chi connectivity index (χ1) is 9.60. The van der Waals surface area contributed by atoms with Gasteiger partial charge < -0.3 is 10.6 Å². The van der Waals surface area contributed by atoms with Crippen molar-refractivity contribution >= 4 is 23.2 Å². The highest BCUT2D eigenvalue weighted by Gasteiger charge is 2.22. The quantitative estimate of drug-likeness (QED) is 0.876. The normalized spacial score (nSPS) is 18.5. The molecule has 20 heavy (non-hydrogen) atoms. The Balaban J connectivity index is 1.93. The van der Waals surface area contributed by atoms with E-state index in [0.717, 1.165) is 31.6 Å². The van der Waals surface area contributed by atoms with E-state index in [1.807, 2.05) is 25.1 Å². The van der Waals surface area contributed by atoms with E-state index in [1.165, 1.54) is 0 Å². The zero-order valence-corrected chi connectivity index (χ0v) is 12.8. The summed E-state index contributed by atoms with van der Waals surface area (Å²) in [5, 5.41) is 6.81. The van der Waals surface area contributed by atoms with Crippen LogP contribution in [0.3, 0.4) is 0 Å². The Morgan fingerprint density at radius 1 is 1.55 bits per heavy atom. The van der Waals surface area contributed by atoms with Crippen molar-refractivity contribution in [2.24, 2.45) is 0 Å². The van der Waals surface area contributed by atoms with Gasteiger partial charge in [0.05, 0.1) is 17.3 Å². The van der Waals surface area contributed by atoms with Gasteiger partial charge in [-0.1, -0.05) is 24.6 Å². The highest BCUT2D eigenvalue weighted by atomic mass is 35.5. The van der Waals surface area contributed by atoms with Crippen molar-refractivity contribution in [3.05, 3.63) is 28.8 Å². The number of nitrogens with one attached hydrogen (secondary N) is 2. The average Bonchev–Trinajstić information content (AvgIpc) is 2.93. The maximum atomic E-state index is 12.1. The lowest BCUT2D eigenvalue weighted by Gasteiger charge is -2.26. The summed E-state index contributed by atoms with van der Waals surface area (Å²) in [6.45, 7) is 7.35. The number of halogens is 1. The highest BCUT2D eigenvalue weighted by molar-refractivity contribution is 6.33. The van der Waals surface area contributed by atoms with E-state index in [2.05, 4.69) is 22.5 Å². The van der Waals surface area contributed by atoms with Gasteiger partial charge in [-0.3, -0.25) is 9.69 Å². The molecular formula is C15H22ClN3O. The predicted molar refractivity (Wildman–Crippen MR) is 83.3 cm³/mol. The highest BCUT2D eigenvalue weighted by Crippen LogP contribution is 2.22. The molecule has 110 valence electrons. The topological polar surface area (TPSA) is 44.4 Å². The predicted octanol–water partition coefficient (Wildman–Crippen LogP) is 2.27. The fourth-order valence-corrected chi connectivity index (χ4v) is 2.83. The molecule has 1 atom stereocenters. The van der Waals surface area contributed by atoms with E-state index < -0.39 is 0 Å². The Morgan fingerprint density at radius 3 is 2.95 bits per heavy atom. The van der Waals surface area contributed by atoms with Crippen molar-refractivity contribution in [1.29, 1.82) is 0 Å². The van der Waals surface area contributed by atoms with Crippen LogP contribution in [-0.4, -0.2) is 43.0 Å². The SMILES string of the molecule is CCN(CC(=O)Nc1ccc(C)cc1Cl)C1CCNC1. The van der Waals surface area contributed by atoms with Crippen molar-refractivity contribution in [2.45, 2.75) is 26.3 Å². The zero-order chi connectivity index (χ0) is 14.5. The number of anilines is 1. The van der Waals surface area contributed by atoms with E-state index in [0.29, 0.717) is 23.3 Å². The van der Waals surface area contributed by atoms with E-state index in [4.69, 9.17) is 11.6 Å². The third kappa shape index (κ3) is 3.95. The molecule has 1 unspecified atom stereocenters. The second-order valence-electron chi connectivity index (χ2n) is 5.24. The molecule has 0 bridgehead atoms. The third-order valence-electron chi connectivity index (χ3n) is 3.70. The molecule has 0 aromatic heterocycles. The molecule has 1 aromatic rings. The second-order valence-corrected chi connectivity index (χ2v) is 5.65. The minimum absolute atomic E-state index is 0.00972. The first kappa shape index (κ1) is 15.3. The summed E-state index contributed by atoms with van der Waals surface area (Å²) in [6, 6.07) is 6.11. The summed E-state index contributed by atoms with van der Waals surface area (Å²) < 4.78 is 0. The van der Waals surface area contributed by atoms with E-state index in [9.17, 15) is 4.79 Å². The summed E-state index contributed by atoms with van der Waals surface area (Å²) in [6.07, 6.45) is 1.10. The van der Waals surface area contributed by atoms with E-state index in [1.54, 1.807) is 0 Å². The maximum Gasteiger partial charge on any atom is 0.238 e. The Labute approximate surface area is 125 Å². The smallest absolute Gasteiger partial charge is 0.238 e. The van der Waals surface area contributed by atoms with Crippen molar-refractivity contribution < 1.29 is 4.79 Å². The number of aryl methyl sites for hydroxylation is 1. The molecule has 1 aromatic carbocycles. The zero-order valence-electron chi connectivity index (χ0n) is 12.1. The Bertz CT molecular complexity index is 472. The van der Waals surface area contributed by atoms with Crippen LogP contribution in [-0.2, 0) is 4.79 Å². The van der Waals surface area contributed by atoms with Crippen LogP contribution in [0.5, 0.6) is 0 Å². The molecule has 1 amide bonds. The summed E-state index contributed by atoms with van der Waals surface area (Å²) in [5.41, 5.74) is 1.77. The Morgan fingerprint density at radius 2 is 2.35 bits per heavy atom. The van der Waals surface area contributed by atoms with Crippen molar-refractivity contribution in [3.63, 3.8) is 0 Å². The summed E-state index contributed by atoms with van der Waals surface area (Å²) in [4.78, 5) is 14.3. The molecular weight excluding hydrogens is 274 g/mol. The molecule has 0 saturated carbocycles. The molecule has 4 nitrogen and oxygen atoms in total. The number of carbonyl (C=O) groups is 1. The van der Waals surface area contributed by atoms with Gasteiger partial charge in [0, 0.05) is 12.6 Å². The van der Waals surface area contributed by atoms with Crippen LogP contribution in [0.2, 0.25) is 5.02 Å². The lowest BCUT2D eigenvalue weighted by Crippen LogP contribution is -2.41. The van der Waals surface area contributed by atoms with Gasteiger partial charge in [0.2, 0.25) is 5.91 Å². The molecule has 1 saturated heterocycles. The number of likely N-dealkylation sites (N-methyl/N-ethyl adjacent to an activating group) is 1. The monoisotopic (exact) mass is 295 g/mol. The van der Waals surface area contributed by atoms with Crippen LogP contribution in [0.1, 0.15) is 18.9 Å². The third-order valence-corrected chi connectivity index (χ3v) is 4.01. The molecule has 5 heteroatoms. The van der Waals surface area contributed by atoms with Gasteiger partial charge in [-0.05, 0) is 44.1 Å². The van der Waals surface area contributed by atoms with Crippen LogP contribution in [0.4, 0.5) is 5.69 Å². The number of rotatable bonds is 5. The molecule has 0 radical (unpaired) electrons. The van der Waals surface area contributed by atoms with Crippen LogP contribution in [0.15, 0.2) is 18.2 Å². The van der Waals surface area contributed by atoms with Crippen LogP contribution < -0.4 is 10.6 Å². The fraction of sp³-hybridized carbons (Fsp3) is 0.533. The summed E-state index contributed by atoms with van der Waals surface area (Å²) in [7, 11) is 0. The standard InChI is InChI=1S/C15H22ClN3O/c1-3-19(12-6-7-17-9-12)10-15(20)18-14-5-4-11(2)8-13(14)16/h4-5,8,12,17H,3,6-7,9-10H2,1-2H3,(H,18,20). The van der Waals surface area contributed by atoms with Gasteiger partial charge in [-0.2, -0.15) is 0 Å². The first-order valence-corrected chi connectivity index (χ1v) is 7.48. The molecule has 1 aliphatic heterocycles. The minimum Gasteiger partial charge on any atom is -0.324 e. The number of hydrogen-bond acceptors (Lipinski definition) is 3. The largest absolute Gasteiger partial charge is 0.324 e. The van der Waals surface area contributed by atoms with Gasteiger partial charge in [0.15, 0.2) is 0 Å². The molecule has 2 rings (SSSR count). The maximum absolute atomic E-state index is 12.1. The molecule has 0 spiro atoms. The lowest BCUT2D eigenvalue weighted by molar-refractivity contribution is -0.117. The Kier molecular flexibility index (Phi) is 5.40. The summed E-state index contributed by atoms with van der Waals surface area (Å²) >= 11 is 6.13. The molecule has 1 aliphatic rings. The van der Waals surface area contributed by atoms with Gasteiger partial charge in [0.1, 0.15) is 0 Å². The van der Waals surface area contributed by atoms with Gasteiger partial charge in [-0.25, -0.2) is 0 Å². The van der Waals surface area contributed by atoms with Crippen LogP contribution in [0, 0.1) is 6.92 Å². The van der Waals surface area contributed by atoms with E-state index in [-0.39, 0.29) is 5.91 Å². The van der Waals surface area contributed by atoms with Gasteiger partial charge >= 0.3 is 0 Å². The second kappa shape index (κ2) is 7.07. The number of benzene rings is 1. The van der Waals surface area contributed by atoms with Crippen molar-refractivity contribution in [2.75, 3.05) is 31.5 Å². The number of hydrogen-bond donors (Lipinski definition) is 2. The summed E-state index contributed by atoms with van der Waals surface area (Å²) in [5.74, 6) is -0.00972. The minimum atomic E-state index is -0.00972. The number of carbonyl (C=O) groups excluding carboxylic acids is 1. The molecule has 0 aliphatic carbocycles. The number of amides is 1. The van der Waals surface area contributed by atoms with E-state index >= 15 is 0 Å². The lowest BCUT2D eigenvalue weighted by atomic mass is 10.2. The van der Waals surface area contributed by atoms with Crippen LogP contribution in [0.25, 0.3) is 0 Å². The van der Waals surface area contributed by atoms with Gasteiger partial charge in [0.25, 0.3) is 0 Å². The fourth-order valence-electron chi connectivity index (χ4n) is 2.55. The van der Waals surface area contributed by atoms with Crippen LogP contribution >= 0.6 is 11.6 Å². The van der Waals surface area contributed by atoms with Crippen molar-refractivity contribution in [1.82, 2.24) is 10.2 Å². The number of nitrogens with zero attached hydrogens (tertiary/aromatic N) is 1. The van der Waals surface area contributed by atoms with Crippen molar-refractivity contribution in [3.8, 4) is 0 Å². The first-order valence-electron chi connectivity index (χ1n) is 7.11. The average molecular weight is 296 g/mol. The molecule has 1 heterocycles. The van der Waals surface area contributed by atoms with Gasteiger partial charge in [-0.15, -0.1) is 0 Å².